The molecule has 2 aliphatic carbocycles. The number of cyclic esters (lactones) is 1. The molecule has 2 heterocycles. The van der Waals surface area contributed by atoms with Crippen LogP contribution in [-0.2, 0) is 42.9 Å². The van der Waals surface area contributed by atoms with Crippen molar-refractivity contribution in [3.05, 3.63) is 47.0 Å². The second kappa shape index (κ2) is 17.0. The van der Waals surface area contributed by atoms with Gasteiger partial charge in [-0.2, -0.15) is 0 Å². The average Bonchev–Trinajstić information content (AvgIpc) is 3.13. The normalized spacial score (nSPS) is 36.7. The molecule has 1 unspecified atom stereocenters. The van der Waals surface area contributed by atoms with E-state index in [1.807, 2.05) is 0 Å². The van der Waals surface area contributed by atoms with Crippen molar-refractivity contribution in [2.24, 2.45) is 10.8 Å². The van der Waals surface area contributed by atoms with Crippen LogP contribution in [0.2, 0.25) is 0 Å². The summed E-state index contributed by atoms with van der Waals surface area (Å²) in [6.45, 7) is 8.95. The molecule has 0 spiro atoms. The summed E-state index contributed by atoms with van der Waals surface area (Å²) in [5, 5.41) is 50.6. The topological polar surface area (TPSA) is 215 Å². The highest BCUT2D eigenvalue weighted by Gasteiger charge is 2.65. The van der Waals surface area contributed by atoms with Gasteiger partial charge >= 0.3 is 17.9 Å². The molecule has 3 fully saturated rings. The number of nitrogens with one attached hydrogen (secondary N) is 1. The van der Waals surface area contributed by atoms with E-state index in [-0.39, 0.29) is 55.8 Å². The predicted molar refractivity (Wildman–Crippen MR) is 200 cm³/mol. The third kappa shape index (κ3) is 8.45. The van der Waals surface area contributed by atoms with E-state index in [4.69, 9.17) is 18.9 Å². The monoisotopic (exact) mass is 785 g/mol. The van der Waals surface area contributed by atoms with Crippen molar-refractivity contribution >= 4 is 29.6 Å². The number of carbonyl (C=O) groups is 5. The molecule has 0 aromatic heterocycles. The Kier molecular flexibility index (Phi) is 13.2. The molecule has 1 aromatic carbocycles. The Morgan fingerprint density at radius 3 is 2.18 bits per heavy atom. The van der Waals surface area contributed by atoms with Crippen LogP contribution in [-0.4, -0.2) is 104 Å². The smallest absolute Gasteiger partial charge is 0.338 e. The summed E-state index contributed by atoms with van der Waals surface area (Å²) >= 11 is 0. The number of fused-ring (bicyclic) bond motifs is 3. The number of carbonyl (C=O) groups excluding carboxylic acids is 5. The number of hydrogen-bond donors (Lipinski definition) is 5. The summed E-state index contributed by atoms with van der Waals surface area (Å²) in [4.78, 5) is 66.9. The van der Waals surface area contributed by atoms with Crippen LogP contribution in [0, 0.1) is 10.8 Å². The van der Waals surface area contributed by atoms with Crippen LogP contribution in [0.15, 0.2) is 41.5 Å². The van der Waals surface area contributed by atoms with Crippen LogP contribution in [0.4, 0.5) is 0 Å². The maximum Gasteiger partial charge on any atom is 0.338 e. The number of aliphatic hydroxyl groups excluding tert-OH is 3. The predicted octanol–water partition coefficient (Wildman–Crippen LogP) is 3.45. The summed E-state index contributed by atoms with van der Waals surface area (Å²) in [7, 11) is 0. The van der Waals surface area contributed by atoms with Crippen LogP contribution in [0.1, 0.15) is 124 Å². The van der Waals surface area contributed by atoms with E-state index < -0.39 is 88.4 Å². The van der Waals surface area contributed by atoms with E-state index in [0.29, 0.717) is 18.4 Å². The number of ketones is 1. The number of amides is 1. The Labute approximate surface area is 328 Å². The van der Waals surface area contributed by atoms with E-state index >= 15 is 0 Å². The molecule has 5 N–H and O–H groups in total. The lowest BCUT2D eigenvalue weighted by Gasteiger charge is -2.57. The quantitative estimate of drug-likeness (QED) is 0.165. The maximum atomic E-state index is 14.6. The van der Waals surface area contributed by atoms with Crippen molar-refractivity contribution in [2.75, 3.05) is 6.61 Å². The zero-order valence-electron chi connectivity index (χ0n) is 33.4. The van der Waals surface area contributed by atoms with Gasteiger partial charge in [0, 0.05) is 44.4 Å². The van der Waals surface area contributed by atoms with Crippen molar-refractivity contribution in [2.45, 2.75) is 166 Å². The van der Waals surface area contributed by atoms with E-state index in [1.165, 1.54) is 20.8 Å². The minimum atomic E-state index is -2.06. The zero-order chi connectivity index (χ0) is 41.2. The Bertz CT molecular complexity index is 1680. The second-order valence-electron chi connectivity index (χ2n) is 17.0. The van der Waals surface area contributed by atoms with Gasteiger partial charge in [-0.25, -0.2) is 4.79 Å². The molecule has 14 heteroatoms. The molecular weight excluding hydrogens is 726 g/mol. The van der Waals surface area contributed by atoms with Gasteiger partial charge in [0.05, 0.1) is 24.2 Å². The van der Waals surface area contributed by atoms with Crippen LogP contribution >= 0.6 is 0 Å². The van der Waals surface area contributed by atoms with Crippen molar-refractivity contribution in [1.82, 2.24) is 5.32 Å². The SMILES string of the molecule is CC(=O)O[C@@]12CO[C@@H]1C[C@H](O)[C@@](C)(C(=O)[C@H](O)C1=C(C)C3C[C@@](O)([C@H](C)OC(=O)CCCCCCCCC(=O)N[C@@H](c4ccccc4)[C@@H](O)C(=O)O3)C1(C)C)C2. The van der Waals surface area contributed by atoms with Gasteiger partial charge in [0.15, 0.2) is 17.5 Å². The molecule has 2 aliphatic heterocycles. The Morgan fingerprint density at radius 1 is 0.946 bits per heavy atom. The van der Waals surface area contributed by atoms with Gasteiger partial charge < -0.3 is 44.7 Å². The van der Waals surface area contributed by atoms with E-state index in [0.717, 1.165) is 25.7 Å². The van der Waals surface area contributed by atoms with Crippen molar-refractivity contribution in [3.8, 4) is 0 Å². The Morgan fingerprint density at radius 2 is 1.57 bits per heavy atom. The van der Waals surface area contributed by atoms with Crippen molar-refractivity contribution in [1.29, 1.82) is 0 Å². The molecule has 4 aliphatic rings. The highest BCUT2D eigenvalue weighted by Crippen LogP contribution is 2.55. The second-order valence-corrected chi connectivity index (χ2v) is 17.0. The lowest BCUT2D eigenvalue weighted by atomic mass is 9.55. The first-order chi connectivity index (χ1) is 26.3. The van der Waals surface area contributed by atoms with Gasteiger partial charge in [0.25, 0.3) is 0 Å². The first-order valence-electron chi connectivity index (χ1n) is 19.8. The number of Topliss-reactive ketones (excluding diaryl/α,β-unsaturated/α-hetero) is 1. The molecular formula is C42H59NO13. The summed E-state index contributed by atoms with van der Waals surface area (Å²) < 4.78 is 23.0. The van der Waals surface area contributed by atoms with Gasteiger partial charge in [-0.1, -0.05) is 69.9 Å². The molecule has 14 nitrogen and oxygen atoms in total. The molecule has 1 saturated carbocycles. The number of benzene rings is 1. The molecule has 2 bridgehead atoms. The number of ether oxygens (including phenoxy) is 4. The Balaban J connectivity index is 1.55. The number of esters is 3. The third-order valence-electron chi connectivity index (χ3n) is 12.9. The summed E-state index contributed by atoms with van der Waals surface area (Å²) in [5.41, 5.74) is -5.79. The van der Waals surface area contributed by atoms with Crippen LogP contribution < -0.4 is 5.32 Å². The summed E-state index contributed by atoms with van der Waals surface area (Å²) in [6.07, 6.45) is -4.37. The summed E-state index contributed by atoms with van der Waals surface area (Å²) in [6, 6.07) is 7.30. The van der Waals surface area contributed by atoms with Gasteiger partial charge in [0.1, 0.15) is 30.0 Å². The number of rotatable bonds is 5. The summed E-state index contributed by atoms with van der Waals surface area (Å²) in [5.74, 6) is -3.47. The molecule has 5 rings (SSSR count). The van der Waals surface area contributed by atoms with Gasteiger partial charge in [0.2, 0.25) is 5.91 Å². The first-order valence-corrected chi connectivity index (χ1v) is 19.8. The third-order valence-corrected chi connectivity index (χ3v) is 12.9. The molecule has 1 aromatic rings. The maximum absolute atomic E-state index is 14.6. The van der Waals surface area contributed by atoms with E-state index in [1.54, 1.807) is 51.1 Å². The zero-order valence-corrected chi connectivity index (χ0v) is 33.4. The van der Waals surface area contributed by atoms with Crippen LogP contribution in [0.5, 0.6) is 0 Å². The van der Waals surface area contributed by atoms with E-state index in [9.17, 15) is 44.4 Å². The minimum absolute atomic E-state index is 0.00354. The van der Waals surface area contributed by atoms with E-state index in [2.05, 4.69) is 5.32 Å². The molecule has 0 radical (unpaired) electrons. The van der Waals surface area contributed by atoms with Gasteiger partial charge in [-0.15, -0.1) is 0 Å². The standard InChI is InChI=1S/C42H59NO13/c1-24-28-21-42(52,39(4,5)33(24)35(48)37(50)40(6)22-41(56-26(3)44)23-53-30(41)20-29(40)45)25(2)54-32(47)19-15-10-8-7-9-14-18-31(46)43-34(36(49)38(51)55-28)27-16-12-11-13-17-27/h11-13,16-17,25,28-30,34-36,45,48-49,52H,7-10,14-15,18-23H2,1-6H3,(H,43,46)/t25-,28?,29-,30+,34-,35+,36+,40-,41-,42+/m0/s1. The van der Waals surface area contributed by atoms with Crippen LogP contribution in [0.3, 0.4) is 0 Å². The van der Waals surface area contributed by atoms with Crippen molar-refractivity contribution in [3.63, 3.8) is 0 Å². The lowest BCUT2D eigenvalue weighted by molar-refractivity contribution is -0.291. The number of aliphatic hydroxyl groups is 4. The fourth-order valence-electron chi connectivity index (χ4n) is 9.31. The fraction of sp³-hybridized carbons (Fsp3) is 0.690. The average molecular weight is 786 g/mol. The molecule has 1 amide bonds. The molecule has 56 heavy (non-hydrogen) atoms. The fourth-order valence-corrected chi connectivity index (χ4v) is 9.31. The Hall–Kier alpha value is -3.69. The van der Waals surface area contributed by atoms with Crippen molar-refractivity contribution < 1.29 is 63.3 Å². The first kappa shape index (κ1) is 43.4. The lowest BCUT2D eigenvalue weighted by Crippen LogP contribution is -2.70. The van der Waals surface area contributed by atoms with Gasteiger partial charge in [-0.05, 0) is 50.3 Å². The molecule has 2 saturated heterocycles. The largest absolute Gasteiger partial charge is 0.460 e. The van der Waals surface area contributed by atoms with Gasteiger partial charge in [-0.3, -0.25) is 19.2 Å². The molecule has 310 valence electrons. The van der Waals surface area contributed by atoms with Crippen LogP contribution in [0.25, 0.3) is 0 Å². The highest BCUT2D eigenvalue weighted by atomic mass is 16.6. The molecule has 10 atom stereocenters. The minimum Gasteiger partial charge on any atom is -0.460 e. The highest BCUT2D eigenvalue weighted by molar-refractivity contribution is 5.92. The number of hydrogen-bond acceptors (Lipinski definition) is 13.